The van der Waals surface area contributed by atoms with Gasteiger partial charge in [0.05, 0.1) is 29.1 Å². The van der Waals surface area contributed by atoms with Gasteiger partial charge in [-0.3, -0.25) is 4.79 Å². The Kier molecular flexibility index (Phi) is 3.27. The number of amides is 1. The summed E-state index contributed by atoms with van der Waals surface area (Å²) in [6, 6.07) is 5.15. The van der Waals surface area contributed by atoms with Crippen LogP contribution >= 0.6 is 15.9 Å². The molecule has 0 bridgehead atoms. The van der Waals surface area contributed by atoms with Gasteiger partial charge in [0.1, 0.15) is 5.75 Å². The van der Waals surface area contributed by atoms with Crippen LogP contribution in [-0.2, 0) is 11.3 Å². The first-order valence-electron chi connectivity index (χ1n) is 5.96. The van der Waals surface area contributed by atoms with Gasteiger partial charge >= 0.3 is 0 Å². The smallest absolute Gasteiger partial charge is 0.243 e. The summed E-state index contributed by atoms with van der Waals surface area (Å²) in [7, 11) is 0. The van der Waals surface area contributed by atoms with E-state index in [4.69, 9.17) is 0 Å². The number of carbonyl (C=O) groups is 1. The molecule has 1 aromatic carbocycles. The van der Waals surface area contributed by atoms with Gasteiger partial charge in [-0.1, -0.05) is 0 Å². The van der Waals surface area contributed by atoms with E-state index in [-0.39, 0.29) is 18.2 Å². The number of nitrogens with zero attached hydrogens (tertiary/aromatic N) is 3. The molecule has 2 aromatic rings. The number of benzene rings is 1. The first-order chi connectivity index (χ1) is 9.63. The van der Waals surface area contributed by atoms with E-state index in [1.54, 1.807) is 30.6 Å². The van der Waals surface area contributed by atoms with Crippen LogP contribution in [-0.4, -0.2) is 27.8 Å². The van der Waals surface area contributed by atoms with Crippen molar-refractivity contribution >= 4 is 33.2 Å². The van der Waals surface area contributed by atoms with Gasteiger partial charge in [-0.15, -0.1) is 0 Å². The Morgan fingerprint density at radius 3 is 2.90 bits per heavy atom. The number of fused-ring (bicyclic) bond motifs is 1. The highest BCUT2D eigenvalue weighted by Gasteiger charge is 2.21. The molecule has 0 radical (unpaired) electrons. The molecule has 1 aliphatic rings. The average molecular weight is 335 g/mol. The molecule has 1 aromatic heterocycles. The van der Waals surface area contributed by atoms with Crippen LogP contribution in [0.15, 0.2) is 35.1 Å². The van der Waals surface area contributed by atoms with Crippen molar-refractivity contribution in [3.63, 3.8) is 0 Å². The first-order valence-corrected chi connectivity index (χ1v) is 6.75. The van der Waals surface area contributed by atoms with Crippen molar-refractivity contribution < 1.29 is 9.90 Å². The minimum atomic E-state index is -0.113. The number of anilines is 2. The molecule has 0 saturated carbocycles. The van der Waals surface area contributed by atoms with Crippen LogP contribution in [0.2, 0.25) is 0 Å². The summed E-state index contributed by atoms with van der Waals surface area (Å²) < 4.78 is 0.551. The Balaban J connectivity index is 2.01. The number of nitrogens with one attached hydrogen (secondary N) is 1. The van der Waals surface area contributed by atoms with Crippen molar-refractivity contribution in [2.75, 3.05) is 16.8 Å². The van der Waals surface area contributed by atoms with Crippen LogP contribution in [0.4, 0.5) is 11.4 Å². The molecule has 0 aliphatic carbocycles. The molecule has 0 unspecified atom stereocenters. The predicted molar refractivity (Wildman–Crippen MR) is 77.5 cm³/mol. The summed E-state index contributed by atoms with van der Waals surface area (Å²) in [6.07, 6.45) is 3.19. The van der Waals surface area contributed by atoms with Crippen LogP contribution in [0.25, 0.3) is 0 Å². The van der Waals surface area contributed by atoms with Crippen LogP contribution in [0.5, 0.6) is 5.75 Å². The van der Waals surface area contributed by atoms with E-state index in [1.165, 1.54) is 0 Å². The molecule has 0 fully saturated rings. The van der Waals surface area contributed by atoms with Crippen LogP contribution < -0.4 is 10.2 Å². The van der Waals surface area contributed by atoms with Gasteiger partial charge in [0, 0.05) is 12.2 Å². The zero-order chi connectivity index (χ0) is 14.1. The molecule has 0 spiro atoms. The fraction of sp³-hybridized carbons (Fsp3) is 0.154. The topological polar surface area (TPSA) is 78.4 Å². The van der Waals surface area contributed by atoms with E-state index in [9.17, 15) is 9.90 Å². The highest BCUT2D eigenvalue weighted by Crippen LogP contribution is 2.33. The Bertz CT molecular complexity index is 663. The third-order valence-corrected chi connectivity index (χ3v) is 3.71. The predicted octanol–water partition coefficient (Wildman–Crippen LogP) is 1.90. The maximum absolute atomic E-state index is 12.0. The minimum Gasteiger partial charge on any atom is -0.507 e. The lowest BCUT2D eigenvalue weighted by Gasteiger charge is -2.21. The van der Waals surface area contributed by atoms with E-state index in [0.717, 1.165) is 11.3 Å². The molecule has 3 rings (SSSR count). The average Bonchev–Trinajstić information content (AvgIpc) is 2.59. The molecule has 1 aliphatic heterocycles. The zero-order valence-electron chi connectivity index (χ0n) is 10.4. The van der Waals surface area contributed by atoms with Crippen molar-refractivity contribution in [3.05, 3.63) is 40.6 Å². The van der Waals surface area contributed by atoms with Gasteiger partial charge in [-0.05, 0) is 39.7 Å². The summed E-state index contributed by atoms with van der Waals surface area (Å²) in [6.45, 7) is 0.722. The SMILES string of the molecule is O=C1CN(c2ccnnc2)Cc2cc(O)c(Br)cc2N1. The van der Waals surface area contributed by atoms with E-state index in [1.807, 2.05) is 4.90 Å². The zero-order valence-corrected chi connectivity index (χ0v) is 12.0. The van der Waals surface area contributed by atoms with Gasteiger partial charge in [-0.25, -0.2) is 0 Å². The maximum atomic E-state index is 12.0. The summed E-state index contributed by atoms with van der Waals surface area (Å²) in [5.41, 5.74) is 2.35. The van der Waals surface area contributed by atoms with E-state index in [2.05, 4.69) is 31.4 Å². The Hall–Kier alpha value is -2.15. The lowest BCUT2D eigenvalue weighted by molar-refractivity contribution is -0.114. The number of hydrogen-bond donors (Lipinski definition) is 2. The second kappa shape index (κ2) is 5.09. The third kappa shape index (κ3) is 2.44. The summed E-state index contributed by atoms with van der Waals surface area (Å²) in [5.74, 6) is 0.0332. The number of halogens is 1. The molecule has 1 amide bonds. The molecular weight excluding hydrogens is 324 g/mol. The molecule has 6 nitrogen and oxygen atoms in total. The van der Waals surface area contributed by atoms with Crippen molar-refractivity contribution in [2.45, 2.75) is 6.54 Å². The monoisotopic (exact) mass is 334 g/mol. The van der Waals surface area contributed by atoms with E-state index < -0.39 is 0 Å². The molecular formula is C13H11BrN4O2. The molecule has 2 heterocycles. The molecule has 102 valence electrons. The number of aromatic nitrogens is 2. The fourth-order valence-electron chi connectivity index (χ4n) is 2.13. The number of hydrogen-bond acceptors (Lipinski definition) is 5. The Morgan fingerprint density at radius 1 is 1.30 bits per heavy atom. The van der Waals surface area contributed by atoms with Crippen molar-refractivity contribution in [1.82, 2.24) is 10.2 Å². The lowest BCUT2D eigenvalue weighted by atomic mass is 10.1. The Labute approximate surface area is 123 Å². The summed E-state index contributed by atoms with van der Waals surface area (Å²) in [4.78, 5) is 13.8. The number of rotatable bonds is 1. The van der Waals surface area contributed by atoms with Crippen LogP contribution in [0.1, 0.15) is 5.56 Å². The molecule has 7 heteroatoms. The van der Waals surface area contributed by atoms with E-state index >= 15 is 0 Å². The van der Waals surface area contributed by atoms with Gasteiger partial charge in [0.25, 0.3) is 0 Å². The second-order valence-corrected chi connectivity index (χ2v) is 5.32. The number of phenolic OH excluding ortho intramolecular Hbond substituents is 1. The minimum absolute atomic E-state index is 0.113. The van der Waals surface area contributed by atoms with Gasteiger partial charge in [0.15, 0.2) is 0 Å². The van der Waals surface area contributed by atoms with Gasteiger partial charge in [0.2, 0.25) is 5.91 Å². The summed E-state index contributed by atoms with van der Waals surface area (Å²) >= 11 is 3.25. The van der Waals surface area contributed by atoms with Crippen LogP contribution in [0, 0.1) is 0 Å². The van der Waals surface area contributed by atoms with Gasteiger partial charge in [-0.2, -0.15) is 10.2 Å². The van der Waals surface area contributed by atoms with Crippen molar-refractivity contribution in [2.24, 2.45) is 0 Å². The Morgan fingerprint density at radius 2 is 2.15 bits per heavy atom. The van der Waals surface area contributed by atoms with Crippen LogP contribution in [0.3, 0.4) is 0 Å². The molecule has 0 saturated heterocycles. The van der Waals surface area contributed by atoms with Crippen molar-refractivity contribution in [3.8, 4) is 5.75 Å². The maximum Gasteiger partial charge on any atom is 0.243 e. The standard InChI is InChI=1S/C13H11BrN4O2/c14-10-4-11-8(3-12(10)19)6-18(7-13(20)17-11)9-1-2-15-16-5-9/h1-5,19H,6-7H2,(H,17,20). The number of carbonyl (C=O) groups excluding carboxylic acids is 1. The number of aromatic hydroxyl groups is 1. The lowest BCUT2D eigenvalue weighted by Crippen LogP contribution is -2.29. The second-order valence-electron chi connectivity index (χ2n) is 4.47. The van der Waals surface area contributed by atoms with Gasteiger partial charge < -0.3 is 15.3 Å². The normalized spacial score (nSPS) is 14.4. The largest absolute Gasteiger partial charge is 0.507 e. The summed E-state index contributed by atoms with van der Waals surface area (Å²) in [5, 5.41) is 20.2. The molecule has 0 atom stereocenters. The van der Waals surface area contributed by atoms with E-state index in [0.29, 0.717) is 16.7 Å². The highest BCUT2D eigenvalue weighted by atomic mass is 79.9. The van der Waals surface area contributed by atoms with Crippen molar-refractivity contribution in [1.29, 1.82) is 0 Å². The molecule has 20 heavy (non-hydrogen) atoms. The first kappa shape index (κ1) is 12.9. The fourth-order valence-corrected chi connectivity index (χ4v) is 2.47. The third-order valence-electron chi connectivity index (χ3n) is 3.08. The highest BCUT2D eigenvalue weighted by molar-refractivity contribution is 9.10. The number of phenols is 1. The molecule has 2 N–H and O–H groups in total. The quantitative estimate of drug-likeness (QED) is 0.779.